The number of nitrogens with zero attached hydrogens (tertiary/aromatic N) is 2. The molecule has 2 N–H and O–H groups in total. The fourth-order valence-corrected chi connectivity index (χ4v) is 1.90. The highest BCUT2D eigenvalue weighted by molar-refractivity contribution is 9.10. The van der Waals surface area contributed by atoms with Gasteiger partial charge in [-0.25, -0.2) is 0 Å². The molecule has 2 rings (SSSR count). The summed E-state index contributed by atoms with van der Waals surface area (Å²) in [4.78, 5) is 11.0. The lowest BCUT2D eigenvalue weighted by Crippen LogP contribution is -2.10. The van der Waals surface area contributed by atoms with Crippen molar-refractivity contribution in [1.29, 1.82) is 0 Å². The molecule has 1 aromatic heterocycles. The van der Waals surface area contributed by atoms with Crippen LogP contribution < -0.4 is 5.73 Å². The lowest BCUT2D eigenvalue weighted by Gasteiger charge is -2.00. The van der Waals surface area contributed by atoms with Gasteiger partial charge in [-0.05, 0) is 12.1 Å². The van der Waals surface area contributed by atoms with Crippen molar-refractivity contribution in [3.8, 4) is 0 Å². The average Bonchev–Trinajstić information content (AvgIpc) is 2.48. The number of benzene rings is 1. The summed E-state index contributed by atoms with van der Waals surface area (Å²) in [7, 11) is 1.82. The normalized spacial score (nSPS) is 10.7. The van der Waals surface area contributed by atoms with Crippen LogP contribution in [0.4, 0.5) is 0 Å². The smallest absolute Gasteiger partial charge is 0.248 e. The number of aromatic nitrogens is 2. The molecule has 0 fully saturated rings. The van der Waals surface area contributed by atoms with E-state index in [1.54, 1.807) is 23.0 Å². The van der Waals surface area contributed by atoms with Crippen molar-refractivity contribution in [3.63, 3.8) is 0 Å². The van der Waals surface area contributed by atoms with Gasteiger partial charge >= 0.3 is 0 Å². The molecule has 0 saturated carbocycles. The molecule has 1 heterocycles. The van der Waals surface area contributed by atoms with E-state index in [0.29, 0.717) is 5.56 Å². The van der Waals surface area contributed by atoms with Crippen LogP contribution in [0.25, 0.3) is 10.9 Å². The van der Waals surface area contributed by atoms with Crippen molar-refractivity contribution >= 4 is 32.7 Å². The molecular formula is C9H8BrN3O. The summed E-state index contributed by atoms with van der Waals surface area (Å²) < 4.78 is 2.53. The van der Waals surface area contributed by atoms with Gasteiger partial charge in [0.05, 0.1) is 11.7 Å². The highest BCUT2D eigenvalue weighted by Crippen LogP contribution is 2.24. The van der Waals surface area contributed by atoms with Crippen LogP contribution in [0.15, 0.2) is 22.8 Å². The Hall–Kier alpha value is -1.36. The highest BCUT2D eigenvalue weighted by atomic mass is 79.9. The number of hydrogen-bond donors (Lipinski definition) is 1. The van der Waals surface area contributed by atoms with E-state index in [4.69, 9.17) is 5.73 Å². The third-order valence-corrected chi connectivity index (χ3v) is 2.76. The van der Waals surface area contributed by atoms with Gasteiger partial charge in [-0.15, -0.1) is 0 Å². The number of nitrogens with two attached hydrogens (primary N) is 1. The van der Waals surface area contributed by atoms with E-state index in [0.717, 1.165) is 15.4 Å². The molecule has 0 unspecified atom stereocenters. The Bertz CT molecular complexity index is 518. The summed E-state index contributed by atoms with van der Waals surface area (Å²) in [6.45, 7) is 0. The first-order valence-corrected chi connectivity index (χ1v) is 4.80. The maximum atomic E-state index is 11.0. The molecule has 0 spiro atoms. The summed E-state index contributed by atoms with van der Waals surface area (Å²) >= 11 is 3.37. The number of fused-ring (bicyclic) bond motifs is 1. The predicted molar refractivity (Wildman–Crippen MR) is 56.9 cm³/mol. The quantitative estimate of drug-likeness (QED) is 0.836. The Morgan fingerprint density at radius 3 is 2.93 bits per heavy atom. The first-order chi connectivity index (χ1) is 6.59. The Morgan fingerprint density at radius 2 is 2.29 bits per heavy atom. The molecule has 4 nitrogen and oxygen atoms in total. The van der Waals surface area contributed by atoms with Gasteiger partial charge in [0.25, 0.3) is 0 Å². The SMILES string of the molecule is Cn1ncc2c(Br)cc(C(N)=O)cc21. The van der Waals surface area contributed by atoms with E-state index in [1.807, 2.05) is 7.05 Å². The molecule has 0 saturated heterocycles. The van der Waals surface area contributed by atoms with Crippen LogP contribution in [0.5, 0.6) is 0 Å². The number of carbonyl (C=O) groups excluding carboxylic acids is 1. The largest absolute Gasteiger partial charge is 0.366 e. The van der Waals surface area contributed by atoms with Crippen molar-refractivity contribution in [3.05, 3.63) is 28.4 Å². The third-order valence-electron chi connectivity index (χ3n) is 2.10. The predicted octanol–water partition coefficient (Wildman–Crippen LogP) is 1.43. The summed E-state index contributed by atoms with van der Waals surface area (Å²) in [5.74, 6) is -0.436. The molecular weight excluding hydrogens is 246 g/mol. The lowest BCUT2D eigenvalue weighted by molar-refractivity contribution is 0.100. The summed E-state index contributed by atoms with van der Waals surface area (Å²) in [5.41, 5.74) is 6.57. The van der Waals surface area contributed by atoms with Crippen LogP contribution in [0.2, 0.25) is 0 Å². The summed E-state index contributed by atoms with van der Waals surface area (Å²) in [6, 6.07) is 3.43. The highest BCUT2D eigenvalue weighted by Gasteiger charge is 2.08. The van der Waals surface area contributed by atoms with Crippen molar-refractivity contribution in [2.75, 3.05) is 0 Å². The maximum Gasteiger partial charge on any atom is 0.248 e. The minimum atomic E-state index is -0.436. The van der Waals surface area contributed by atoms with Gasteiger partial charge in [-0.2, -0.15) is 5.10 Å². The molecule has 2 aromatic rings. The summed E-state index contributed by atoms with van der Waals surface area (Å²) in [5, 5.41) is 5.06. The van der Waals surface area contributed by atoms with Gasteiger partial charge in [0, 0.05) is 22.5 Å². The molecule has 0 aliphatic carbocycles. The average molecular weight is 254 g/mol. The minimum Gasteiger partial charge on any atom is -0.366 e. The van der Waals surface area contributed by atoms with Gasteiger partial charge in [-0.1, -0.05) is 15.9 Å². The van der Waals surface area contributed by atoms with Crippen LogP contribution >= 0.6 is 15.9 Å². The molecule has 0 aliphatic rings. The van der Waals surface area contributed by atoms with Crippen molar-refractivity contribution in [1.82, 2.24) is 9.78 Å². The van der Waals surface area contributed by atoms with Crippen molar-refractivity contribution in [2.24, 2.45) is 12.8 Å². The monoisotopic (exact) mass is 253 g/mol. The van der Waals surface area contributed by atoms with E-state index >= 15 is 0 Å². The number of halogens is 1. The first-order valence-electron chi connectivity index (χ1n) is 4.00. The fraction of sp³-hybridized carbons (Fsp3) is 0.111. The van der Waals surface area contributed by atoms with Gasteiger partial charge in [-0.3, -0.25) is 9.48 Å². The van der Waals surface area contributed by atoms with Gasteiger partial charge in [0.2, 0.25) is 5.91 Å². The number of amides is 1. The van der Waals surface area contributed by atoms with Gasteiger partial charge in [0.1, 0.15) is 0 Å². The molecule has 0 radical (unpaired) electrons. The molecule has 0 aliphatic heterocycles. The molecule has 1 amide bonds. The zero-order valence-corrected chi connectivity index (χ0v) is 9.08. The number of rotatable bonds is 1. The van der Waals surface area contributed by atoms with E-state index in [1.165, 1.54) is 0 Å². The van der Waals surface area contributed by atoms with Crippen LogP contribution in [0.3, 0.4) is 0 Å². The topological polar surface area (TPSA) is 60.9 Å². The van der Waals surface area contributed by atoms with E-state index in [2.05, 4.69) is 21.0 Å². The second-order valence-electron chi connectivity index (χ2n) is 3.02. The lowest BCUT2D eigenvalue weighted by atomic mass is 10.1. The van der Waals surface area contributed by atoms with Crippen LogP contribution in [-0.2, 0) is 7.05 Å². The molecule has 0 atom stereocenters. The van der Waals surface area contributed by atoms with E-state index in [9.17, 15) is 4.79 Å². The molecule has 5 heteroatoms. The zero-order chi connectivity index (χ0) is 10.3. The van der Waals surface area contributed by atoms with E-state index < -0.39 is 5.91 Å². The zero-order valence-electron chi connectivity index (χ0n) is 7.49. The Kier molecular flexibility index (Phi) is 2.03. The number of hydrogen-bond acceptors (Lipinski definition) is 2. The number of carbonyl (C=O) groups is 1. The fourth-order valence-electron chi connectivity index (χ4n) is 1.35. The Morgan fingerprint density at radius 1 is 1.57 bits per heavy atom. The first kappa shape index (κ1) is 9.21. The van der Waals surface area contributed by atoms with E-state index in [-0.39, 0.29) is 0 Å². The van der Waals surface area contributed by atoms with Gasteiger partial charge in [0.15, 0.2) is 0 Å². The Labute approximate surface area is 88.8 Å². The van der Waals surface area contributed by atoms with Crippen LogP contribution in [-0.4, -0.2) is 15.7 Å². The second kappa shape index (κ2) is 3.09. The summed E-state index contributed by atoms with van der Waals surface area (Å²) in [6.07, 6.45) is 1.74. The Balaban J connectivity index is 2.82. The molecule has 14 heavy (non-hydrogen) atoms. The minimum absolute atomic E-state index is 0.436. The molecule has 1 aromatic carbocycles. The molecule has 0 bridgehead atoms. The van der Waals surface area contributed by atoms with Crippen molar-refractivity contribution < 1.29 is 4.79 Å². The third kappa shape index (κ3) is 1.29. The van der Waals surface area contributed by atoms with Crippen LogP contribution in [0.1, 0.15) is 10.4 Å². The number of primary amides is 1. The molecule has 72 valence electrons. The second-order valence-corrected chi connectivity index (χ2v) is 3.88. The standard InChI is InChI=1S/C9H8BrN3O/c1-13-8-3-5(9(11)14)2-7(10)6(8)4-12-13/h2-4H,1H3,(H2,11,14). The van der Waals surface area contributed by atoms with Gasteiger partial charge < -0.3 is 5.73 Å². The van der Waals surface area contributed by atoms with Crippen LogP contribution in [0, 0.1) is 0 Å². The number of aryl methyl sites for hydroxylation is 1. The maximum absolute atomic E-state index is 11.0. The van der Waals surface area contributed by atoms with Crippen molar-refractivity contribution in [2.45, 2.75) is 0 Å².